The highest BCUT2D eigenvalue weighted by Gasteiger charge is 2.14. The SMILES string of the molecule is Cc1ccc(C(=O)Cc2cccc(Cl)c2F)c(Cl)c1. The molecule has 0 aliphatic rings. The van der Waals surface area contributed by atoms with Gasteiger partial charge >= 0.3 is 0 Å². The van der Waals surface area contributed by atoms with Gasteiger partial charge in [0.1, 0.15) is 5.82 Å². The summed E-state index contributed by atoms with van der Waals surface area (Å²) in [6, 6.07) is 9.77. The predicted octanol–water partition coefficient (Wildman–Crippen LogP) is 4.87. The molecular weight excluding hydrogens is 286 g/mol. The second-order valence-electron chi connectivity index (χ2n) is 4.30. The van der Waals surface area contributed by atoms with Crippen LogP contribution in [0.5, 0.6) is 0 Å². The molecule has 2 aromatic carbocycles. The van der Waals surface area contributed by atoms with Crippen LogP contribution in [0.3, 0.4) is 0 Å². The summed E-state index contributed by atoms with van der Waals surface area (Å²) >= 11 is 11.7. The first-order valence-corrected chi connectivity index (χ1v) is 6.47. The van der Waals surface area contributed by atoms with E-state index in [4.69, 9.17) is 23.2 Å². The molecule has 0 unspecified atom stereocenters. The van der Waals surface area contributed by atoms with Crippen LogP contribution in [0.4, 0.5) is 4.39 Å². The Labute approximate surface area is 121 Å². The lowest BCUT2D eigenvalue weighted by Gasteiger charge is -2.06. The van der Waals surface area contributed by atoms with E-state index >= 15 is 0 Å². The molecule has 0 heterocycles. The lowest BCUT2D eigenvalue weighted by Crippen LogP contribution is -2.06. The molecule has 0 radical (unpaired) electrons. The van der Waals surface area contributed by atoms with Gasteiger partial charge in [-0.25, -0.2) is 4.39 Å². The van der Waals surface area contributed by atoms with Crippen molar-refractivity contribution in [2.45, 2.75) is 13.3 Å². The summed E-state index contributed by atoms with van der Waals surface area (Å²) in [5, 5.41) is 0.396. The minimum Gasteiger partial charge on any atom is -0.294 e. The van der Waals surface area contributed by atoms with Crippen LogP contribution >= 0.6 is 23.2 Å². The molecular formula is C15H11Cl2FO. The van der Waals surface area contributed by atoms with Crippen molar-refractivity contribution in [3.8, 4) is 0 Å². The maximum atomic E-state index is 13.7. The topological polar surface area (TPSA) is 17.1 Å². The molecule has 0 N–H and O–H groups in total. The quantitative estimate of drug-likeness (QED) is 0.739. The van der Waals surface area contributed by atoms with Gasteiger partial charge in [-0.15, -0.1) is 0 Å². The maximum Gasteiger partial charge on any atom is 0.168 e. The van der Waals surface area contributed by atoms with Crippen LogP contribution in [0.15, 0.2) is 36.4 Å². The van der Waals surface area contributed by atoms with Gasteiger partial charge in [-0.1, -0.05) is 41.4 Å². The monoisotopic (exact) mass is 296 g/mol. The van der Waals surface area contributed by atoms with Crippen LogP contribution in [0.25, 0.3) is 0 Å². The molecule has 19 heavy (non-hydrogen) atoms. The average Bonchev–Trinajstić information content (AvgIpc) is 2.34. The number of hydrogen-bond acceptors (Lipinski definition) is 1. The number of carbonyl (C=O) groups is 1. The fourth-order valence-electron chi connectivity index (χ4n) is 1.80. The number of carbonyl (C=O) groups excluding carboxylic acids is 1. The Kier molecular flexibility index (Phi) is 4.23. The predicted molar refractivity (Wildman–Crippen MR) is 75.6 cm³/mol. The molecule has 0 aliphatic heterocycles. The van der Waals surface area contributed by atoms with Crippen LogP contribution in [0, 0.1) is 12.7 Å². The highest BCUT2D eigenvalue weighted by atomic mass is 35.5. The zero-order valence-electron chi connectivity index (χ0n) is 10.2. The van der Waals surface area contributed by atoms with Gasteiger partial charge in [0.05, 0.1) is 10.0 Å². The van der Waals surface area contributed by atoms with E-state index in [9.17, 15) is 9.18 Å². The number of Topliss-reactive ketones (excluding diaryl/α,β-unsaturated/α-hetero) is 1. The molecule has 2 aromatic rings. The normalized spacial score (nSPS) is 10.5. The van der Waals surface area contributed by atoms with Crippen LogP contribution < -0.4 is 0 Å². The van der Waals surface area contributed by atoms with E-state index < -0.39 is 5.82 Å². The molecule has 2 rings (SSSR count). The second-order valence-corrected chi connectivity index (χ2v) is 5.11. The van der Waals surface area contributed by atoms with Gasteiger partial charge in [0.25, 0.3) is 0 Å². The Morgan fingerprint density at radius 1 is 1.16 bits per heavy atom. The van der Waals surface area contributed by atoms with Gasteiger partial charge in [0, 0.05) is 12.0 Å². The van der Waals surface area contributed by atoms with E-state index in [2.05, 4.69) is 0 Å². The molecule has 1 nitrogen and oxygen atoms in total. The van der Waals surface area contributed by atoms with Crippen molar-refractivity contribution in [3.63, 3.8) is 0 Å². The van der Waals surface area contributed by atoms with Gasteiger partial charge < -0.3 is 0 Å². The molecule has 0 amide bonds. The first-order chi connectivity index (χ1) is 8.99. The van der Waals surface area contributed by atoms with Crippen molar-refractivity contribution >= 4 is 29.0 Å². The first kappa shape index (κ1) is 14.0. The summed E-state index contributed by atoms with van der Waals surface area (Å²) in [4.78, 5) is 12.1. The highest BCUT2D eigenvalue weighted by Crippen LogP contribution is 2.22. The van der Waals surface area contributed by atoms with Gasteiger partial charge in [0.2, 0.25) is 0 Å². The zero-order valence-corrected chi connectivity index (χ0v) is 11.7. The molecule has 0 aromatic heterocycles. The Morgan fingerprint density at radius 2 is 1.89 bits per heavy atom. The molecule has 98 valence electrons. The summed E-state index contributed by atoms with van der Waals surface area (Å²) in [5.41, 5.74) is 1.64. The molecule has 0 spiro atoms. The van der Waals surface area contributed by atoms with E-state index in [-0.39, 0.29) is 22.8 Å². The minimum absolute atomic E-state index is 0.0142. The maximum absolute atomic E-state index is 13.7. The van der Waals surface area contributed by atoms with E-state index in [1.54, 1.807) is 30.3 Å². The fourth-order valence-corrected chi connectivity index (χ4v) is 2.33. The first-order valence-electron chi connectivity index (χ1n) is 5.71. The third-order valence-corrected chi connectivity index (χ3v) is 3.41. The molecule has 0 saturated heterocycles. The van der Waals surface area contributed by atoms with Crippen molar-refractivity contribution in [2.75, 3.05) is 0 Å². The number of rotatable bonds is 3. The van der Waals surface area contributed by atoms with Crippen LogP contribution in [-0.4, -0.2) is 5.78 Å². The molecule has 0 atom stereocenters. The molecule has 4 heteroatoms. The summed E-state index contributed by atoms with van der Waals surface area (Å²) in [7, 11) is 0. The lowest BCUT2D eigenvalue weighted by molar-refractivity contribution is 0.0992. The Morgan fingerprint density at radius 3 is 2.58 bits per heavy atom. The number of aryl methyl sites for hydroxylation is 1. The van der Waals surface area contributed by atoms with E-state index in [1.165, 1.54) is 6.07 Å². The Hall–Kier alpha value is -1.38. The van der Waals surface area contributed by atoms with Gasteiger partial charge in [0.15, 0.2) is 5.78 Å². The van der Waals surface area contributed by atoms with E-state index in [1.807, 2.05) is 6.92 Å². The van der Waals surface area contributed by atoms with Crippen molar-refractivity contribution < 1.29 is 9.18 Å². The van der Waals surface area contributed by atoms with Crippen LogP contribution in [0.1, 0.15) is 21.5 Å². The summed E-state index contributed by atoms with van der Waals surface area (Å²) in [6.45, 7) is 1.89. The molecule has 0 aliphatic carbocycles. The number of ketones is 1. The molecule has 0 fully saturated rings. The smallest absolute Gasteiger partial charge is 0.168 e. The zero-order chi connectivity index (χ0) is 14.0. The Balaban J connectivity index is 2.28. The average molecular weight is 297 g/mol. The van der Waals surface area contributed by atoms with Gasteiger partial charge in [-0.3, -0.25) is 4.79 Å². The third-order valence-electron chi connectivity index (χ3n) is 2.81. The molecule has 0 bridgehead atoms. The van der Waals surface area contributed by atoms with Crippen LogP contribution in [0.2, 0.25) is 10.0 Å². The van der Waals surface area contributed by atoms with Gasteiger partial charge in [-0.05, 0) is 36.2 Å². The second kappa shape index (κ2) is 5.72. The fraction of sp³-hybridized carbons (Fsp3) is 0.133. The Bertz CT molecular complexity index is 638. The molecule has 0 saturated carbocycles. The van der Waals surface area contributed by atoms with Crippen molar-refractivity contribution in [3.05, 3.63) is 69.0 Å². The highest BCUT2D eigenvalue weighted by molar-refractivity contribution is 6.34. The number of halogens is 3. The van der Waals surface area contributed by atoms with E-state index in [0.717, 1.165) is 5.56 Å². The van der Waals surface area contributed by atoms with Crippen LogP contribution in [-0.2, 0) is 6.42 Å². The number of hydrogen-bond donors (Lipinski definition) is 0. The van der Waals surface area contributed by atoms with Gasteiger partial charge in [-0.2, -0.15) is 0 Å². The van der Waals surface area contributed by atoms with Crippen molar-refractivity contribution in [1.82, 2.24) is 0 Å². The van der Waals surface area contributed by atoms with Crippen molar-refractivity contribution in [2.24, 2.45) is 0 Å². The van der Waals surface area contributed by atoms with Crippen molar-refractivity contribution in [1.29, 1.82) is 0 Å². The summed E-state index contributed by atoms with van der Waals surface area (Å²) < 4.78 is 13.7. The summed E-state index contributed by atoms with van der Waals surface area (Å²) in [5.74, 6) is -0.785. The minimum atomic E-state index is -0.555. The summed E-state index contributed by atoms with van der Waals surface area (Å²) in [6.07, 6.45) is -0.0603. The largest absolute Gasteiger partial charge is 0.294 e. The van der Waals surface area contributed by atoms with E-state index in [0.29, 0.717) is 10.6 Å². The lowest BCUT2D eigenvalue weighted by atomic mass is 10.0. The third kappa shape index (κ3) is 3.14. The number of benzene rings is 2. The standard InChI is InChI=1S/C15H11Cl2FO/c1-9-5-6-11(13(17)7-9)14(19)8-10-3-2-4-12(16)15(10)18/h2-7H,8H2,1H3.